The van der Waals surface area contributed by atoms with Crippen molar-refractivity contribution in [2.75, 3.05) is 0 Å². The van der Waals surface area contributed by atoms with Crippen molar-refractivity contribution in [1.29, 1.82) is 0 Å². The van der Waals surface area contributed by atoms with Crippen LogP contribution in [0.3, 0.4) is 0 Å². The van der Waals surface area contributed by atoms with Gasteiger partial charge in [-0.1, -0.05) is 0 Å². The number of nitrogens with zero attached hydrogens (tertiary/aromatic N) is 1. The number of hydrogen-bond acceptors (Lipinski definition) is 3. The molecule has 6 nitrogen and oxygen atoms in total. The van der Waals surface area contributed by atoms with E-state index in [1.54, 1.807) is 26.8 Å². The first-order valence-electron chi connectivity index (χ1n) is 7.19. The third-order valence-corrected chi connectivity index (χ3v) is 3.38. The van der Waals surface area contributed by atoms with E-state index in [0.717, 1.165) is 37.1 Å². The second-order valence-electron chi connectivity index (χ2n) is 6.27. The van der Waals surface area contributed by atoms with Crippen LogP contribution in [-0.4, -0.2) is 27.3 Å². The number of carbonyl (C=O) groups is 2. The highest BCUT2D eigenvalue weighted by molar-refractivity contribution is 5.86. The lowest BCUT2D eigenvalue weighted by molar-refractivity contribution is 0.0523. The summed E-state index contributed by atoms with van der Waals surface area (Å²) >= 11 is 0. The van der Waals surface area contributed by atoms with Crippen LogP contribution >= 0.6 is 0 Å². The zero-order chi connectivity index (χ0) is 15.6. The molecule has 1 aliphatic rings. The summed E-state index contributed by atoms with van der Waals surface area (Å²) in [4.78, 5) is 23.0. The van der Waals surface area contributed by atoms with Gasteiger partial charge in [-0.2, -0.15) is 0 Å². The lowest BCUT2D eigenvalue weighted by atomic mass is 10.1. The van der Waals surface area contributed by atoms with Crippen LogP contribution in [0.5, 0.6) is 0 Å². The van der Waals surface area contributed by atoms with Crippen molar-refractivity contribution in [3.05, 3.63) is 23.0 Å². The first-order chi connectivity index (χ1) is 9.78. The number of ether oxygens (including phenoxy) is 1. The highest BCUT2D eigenvalue weighted by atomic mass is 16.6. The monoisotopic (exact) mass is 294 g/mol. The Labute approximate surface area is 124 Å². The highest BCUT2D eigenvalue weighted by Gasteiger charge is 2.22. The predicted molar refractivity (Wildman–Crippen MR) is 77.4 cm³/mol. The van der Waals surface area contributed by atoms with E-state index in [1.165, 1.54) is 0 Å². The van der Waals surface area contributed by atoms with Crippen LogP contribution in [0.2, 0.25) is 0 Å². The summed E-state index contributed by atoms with van der Waals surface area (Å²) in [6.07, 6.45) is 2.39. The molecule has 2 heterocycles. The van der Waals surface area contributed by atoms with Gasteiger partial charge >= 0.3 is 12.1 Å². The van der Waals surface area contributed by atoms with E-state index in [4.69, 9.17) is 4.74 Å². The van der Waals surface area contributed by atoms with Gasteiger partial charge in [0, 0.05) is 18.8 Å². The zero-order valence-electron chi connectivity index (χ0n) is 12.7. The van der Waals surface area contributed by atoms with Crippen LogP contribution in [0.15, 0.2) is 6.07 Å². The minimum Gasteiger partial charge on any atom is -0.477 e. The topological polar surface area (TPSA) is 80.6 Å². The molecule has 0 spiro atoms. The molecule has 2 N–H and O–H groups in total. The molecule has 1 aromatic heterocycles. The molecule has 2 rings (SSSR count). The first kappa shape index (κ1) is 15.4. The van der Waals surface area contributed by atoms with Crippen molar-refractivity contribution >= 4 is 12.1 Å². The van der Waals surface area contributed by atoms with Crippen LogP contribution < -0.4 is 5.32 Å². The molecule has 116 valence electrons. The Morgan fingerprint density at radius 1 is 1.38 bits per heavy atom. The predicted octanol–water partition coefficient (Wildman–Crippen LogP) is 2.55. The van der Waals surface area contributed by atoms with Gasteiger partial charge in [-0.25, -0.2) is 9.59 Å². The highest BCUT2D eigenvalue weighted by Crippen LogP contribution is 2.24. The molecule has 1 aliphatic heterocycles. The lowest BCUT2D eigenvalue weighted by Crippen LogP contribution is -2.32. The van der Waals surface area contributed by atoms with Crippen molar-refractivity contribution in [2.45, 2.75) is 58.7 Å². The van der Waals surface area contributed by atoms with Crippen LogP contribution in [0, 0.1) is 0 Å². The second-order valence-corrected chi connectivity index (χ2v) is 6.27. The van der Waals surface area contributed by atoms with Gasteiger partial charge in [-0.15, -0.1) is 0 Å². The summed E-state index contributed by atoms with van der Waals surface area (Å²) in [6, 6.07) is 1.65. The van der Waals surface area contributed by atoms with E-state index in [9.17, 15) is 14.7 Å². The van der Waals surface area contributed by atoms with Crippen molar-refractivity contribution < 1.29 is 19.4 Å². The molecule has 0 bridgehead atoms. The lowest BCUT2D eigenvalue weighted by Gasteiger charge is -2.20. The Balaban J connectivity index is 2.10. The largest absolute Gasteiger partial charge is 0.477 e. The molecular weight excluding hydrogens is 272 g/mol. The number of aromatic nitrogens is 1. The van der Waals surface area contributed by atoms with Gasteiger partial charge in [0.15, 0.2) is 0 Å². The van der Waals surface area contributed by atoms with Crippen LogP contribution in [0.1, 0.15) is 55.4 Å². The van der Waals surface area contributed by atoms with Crippen LogP contribution in [0.25, 0.3) is 0 Å². The maximum Gasteiger partial charge on any atom is 0.407 e. The van der Waals surface area contributed by atoms with E-state index >= 15 is 0 Å². The first-order valence-corrected chi connectivity index (χ1v) is 7.19. The number of carboxylic acid groups (broad SMARTS) is 1. The Hall–Kier alpha value is -1.98. The van der Waals surface area contributed by atoms with Gasteiger partial charge < -0.3 is 19.7 Å². The SMILES string of the molecule is CC(C)(C)OC(=O)NCc1cc(C(=O)O)n2c1CCCC2. The number of hydrogen-bond donors (Lipinski definition) is 2. The quantitative estimate of drug-likeness (QED) is 0.897. The number of rotatable bonds is 3. The van der Waals surface area contributed by atoms with E-state index in [2.05, 4.69) is 5.32 Å². The van der Waals surface area contributed by atoms with Gasteiger partial charge in [-0.05, 0) is 51.7 Å². The number of carboxylic acids is 1. The van der Waals surface area contributed by atoms with E-state index in [0.29, 0.717) is 5.69 Å². The number of aromatic carboxylic acids is 1. The second kappa shape index (κ2) is 5.79. The maximum absolute atomic E-state index is 11.7. The number of carbonyl (C=O) groups excluding carboxylic acids is 1. The fourth-order valence-corrected chi connectivity index (χ4v) is 2.57. The van der Waals surface area contributed by atoms with Gasteiger partial charge in [0.25, 0.3) is 0 Å². The van der Waals surface area contributed by atoms with Gasteiger partial charge in [0.05, 0.1) is 0 Å². The minimum absolute atomic E-state index is 0.289. The molecule has 0 unspecified atom stereocenters. The minimum atomic E-state index is -0.929. The van der Waals surface area contributed by atoms with Crippen molar-refractivity contribution in [3.63, 3.8) is 0 Å². The van der Waals surface area contributed by atoms with E-state index in [-0.39, 0.29) is 6.54 Å². The molecule has 0 aromatic carbocycles. The summed E-state index contributed by atoms with van der Waals surface area (Å²) in [7, 11) is 0. The summed E-state index contributed by atoms with van der Waals surface area (Å²) in [6.45, 7) is 6.42. The number of fused-ring (bicyclic) bond motifs is 1. The van der Waals surface area contributed by atoms with E-state index in [1.807, 2.05) is 4.57 Å². The Kier molecular flexibility index (Phi) is 4.25. The van der Waals surface area contributed by atoms with Crippen LogP contribution in [0.4, 0.5) is 4.79 Å². The van der Waals surface area contributed by atoms with Crippen molar-refractivity contribution in [3.8, 4) is 0 Å². The van der Waals surface area contributed by atoms with Crippen LogP contribution in [-0.2, 0) is 24.2 Å². The van der Waals surface area contributed by atoms with Crippen molar-refractivity contribution in [2.24, 2.45) is 0 Å². The Morgan fingerprint density at radius 2 is 2.10 bits per heavy atom. The fraction of sp³-hybridized carbons (Fsp3) is 0.600. The number of alkyl carbamates (subject to hydrolysis) is 1. The summed E-state index contributed by atoms with van der Waals surface area (Å²) in [5.74, 6) is -0.929. The van der Waals surface area contributed by atoms with Gasteiger partial charge in [-0.3, -0.25) is 0 Å². The molecule has 0 fully saturated rings. The molecule has 1 amide bonds. The third kappa shape index (κ3) is 3.77. The molecular formula is C15H22N2O4. The Bertz CT molecular complexity index is 555. The molecule has 6 heteroatoms. The number of amides is 1. The molecule has 0 atom stereocenters. The molecule has 0 radical (unpaired) electrons. The fourth-order valence-electron chi connectivity index (χ4n) is 2.57. The number of nitrogens with one attached hydrogen (secondary N) is 1. The molecule has 21 heavy (non-hydrogen) atoms. The van der Waals surface area contributed by atoms with Crippen molar-refractivity contribution in [1.82, 2.24) is 9.88 Å². The Morgan fingerprint density at radius 3 is 2.71 bits per heavy atom. The maximum atomic E-state index is 11.7. The summed E-state index contributed by atoms with van der Waals surface area (Å²) < 4.78 is 7.03. The van der Waals surface area contributed by atoms with Gasteiger partial charge in [0.1, 0.15) is 11.3 Å². The normalized spacial score (nSPS) is 14.4. The van der Waals surface area contributed by atoms with E-state index < -0.39 is 17.7 Å². The van der Waals surface area contributed by atoms with Gasteiger partial charge in [0.2, 0.25) is 0 Å². The molecule has 0 aliphatic carbocycles. The average Bonchev–Trinajstić information content (AvgIpc) is 2.73. The zero-order valence-corrected chi connectivity index (χ0v) is 12.7. The molecule has 0 saturated carbocycles. The summed E-state index contributed by atoms with van der Waals surface area (Å²) in [5, 5.41) is 11.9. The average molecular weight is 294 g/mol. The molecule has 1 aromatic rings. The third-order valence-electron chi connectivity index (χ3n) is 3.38. The molecule has 0 saturated heterocycles. The standard InChI is InChI=1S/C15H22N2O4/c1-15(2,3)21-14(20)16-9-10-8-12(13(18)19)17-7-5-4-6-11(10)17/h8H,4-7,9H2,1-3H3,(H,16,20)(H,18,19). The summed E-state index contributed by atoms with van der Waals surface area (Å²) in [5.41, 5.74) is 1.62. The smallest absolute Gasteiger partial charge is 0.407 e.